The minimum atomic E-state index is -0.0563. The Bertz CT molecular complexity index is 537. The maximum atomic E-state index is 6.41. The summed E-state index contributed by atoms with van der Waals surface area (Å²) in [4.78, 5) is 0. The largest absolute Gasteiger partial charge is 0.117 e. The van der Waals surface area contributed by atoms with Crippen molar-refractivity contribution >= 4 is 57.4 Å². The monoisotopic (exact) mass is 410 g/mol. The number of benzene rings is 2. The first-order valence-electron chi connectivity index (χ1n) is 5.40. The van der Waals surface area contributed by atoms with Gasteiger partial charge in [-0.2, -0.15) is 0 Å². The summed E-state index contributed by atoms with van der Waals surface area (Å²) in [7, 11) is 0. The van der Waals surface area contributed by atoms with E-state index in [1.54, 1.807) is 6.07 Å². The van der Waals surface area contributed by atoms with E-state index in [-0.39, 0.29) is 5.38 Å². The number of halogens is 4. The average Bonchev–Trinajstić information content (AvgIpc) is 2.34. The summed E-state index contributed by atoms with van der Waals surface area (Å²) >= 11 is 20.6. The van der Waals surface area contributed by atoms with Gasteiger partial charge in [0, 0.05) is 3.57 Å². The molecule has 1 unspecified atom stereocenters. The van der Waals surface area contributed by atoms with Gasteiger partial charge in [-0.1, -0.05) is 41.4 Å². The number of rotatable bonds is 3. The fourth-order valence-corrected chi connectivity index (χ4v) is 2.67. The Balaban J connectivity index is 2.13. The van der Waals surface area contributed by atoms with Crippen molar-refractivity contribution < 1.29 is 0 Å². The molecule has 0 N–H and O–H groups in total. The van der Waals surface area contributed by atoms with Crippen LogP contribution in [0.25, 0.3) is 0 Å². The Morgan fingerprint density at radius 1 is 0.944 bits per heavy atom. The maximum absolute atomic E-state index is 6.41. The van der Waals surface area contributed by atoms with Crippen LogP contribution >= 0.6 is 57.4 Å². The van der Waals surface area contributed by atoms with Crippen molar-refractivity contribution in [3.05, 3.63) is 67.2 Å². The van der Waals surface area contributed by atoms with Gasteiger partial charge in [-0.3, -0.25) is 0 Å². The number of alkyl halides is 1. The third-order valence-corrected chi connectivity index (χ3v) is 4.50. The molecule has 0 saturated carbocycles. The van der Waals surface area contributed by atoms with Crippen molar-refractivity contribution in [3.63, 3.8) is 0 Å². The van der Waals surface area contributed by atoms with Crippen LogP contribution in [-0.4, -0.2) is 0 Å². The molecule has 0 aliphatic heterocycles. The van der Waals surface area contributed by atoms with Crippen LogP contribution in [0.2, 0.25) is 10.0 Å². The standard InChI is InChI=1S/C14H10Cl3I/c15-12-6-1-9(8-14(12)17)7-13(16)10-2-4-11(18)5-3-10/h1-6,8,13H,7H2. The van der Waals surface area contributed by atoms with E-state index in [0.29, 0.717) is 10.0 Å². The van der Waals surface area contributed by atoms with Gasteiger partial charge in [0.2, 0.25) is 0 Å². The molecule has 0 radical (unpaired) electrons. The lowest BCUT2D eigenvalue weighted by molar-refractivity contribution is 0.919. The number of hydrogen-bond donors (Lipinski definition) is 0. The molecule has 0 aromatic heterocycles. The van der Waals surface area contributed by atoms with Crippen LogP contribution < -0.4 is 0 Å². The molecule has 0 fully saturated rings. The maximum Gasteiger partial charge on any atom is 0.0625 e. The first-order chi connectivity index (χ1) is 8.56. The van der Waals surface area contributed by atoms with E-state index in [9.17, 15) is 0 Å². The van der Waals surface area contributed by atoms with Crippen molar-refractivity contribution in [2.45, 2.75) is 11.8 Å². The molecule has 0 heterocycles. The van der Waals surface area contributed by atoms with Gasteiger partial charge in [0.05, 0.1) is 15.4 Å². The molecule has 18 heavy (non-hydrogen) atoms. The smallest absolute Gasteiger partial charge is 0.0625 e. The molecule has 94 valence electrons. The zero-order valence-electron chi connectivity index (χ0n) is 9.34. The normalized spacial score (nSPS) is 12.4. The van der Waals surface area contributed by atoms with E-state index >= 15 is 0 Å². The van der Waals surface area contributed by atoms with E-state index in [0.717, 1.165) is 17.5 Å². The topological polar surface area (TPSA) is 0 Å². The van der Waals surface area contributed by atoms with Crippen molar-refractivity contribution in [2.75, 3.05) is 0 Å². The molecule has 0 nitrogen and oxygen atoms in total. The highest BCUT2D eigenvalue weighted by atomic mass is 127. The molecular weight excluding hydrogens is 401 g/mol. The van der Waals surface area contributed by atoms with Gasteiger partial charge >= 0.3 is 0 Å². The Labute approximate surface area is 135 Å². The Hall–Kier alpha value is 0.0400. The summed E-state index contributed by atoms with van der Waals surface area (Å²) < 4.78 is 1.20. The molecule has 2 aromatic carbocycles. The summed E-state index contributed by atoms with van der Waals surface area (Å²) in [5, 5.41) is 1.08. The van der Waals surface area contributed by atoms with Crippen molar-refractivity contribution in [1.29, 1.82) is 0 Å². The Kier molecular flexibility index (Phi) is 5.19. The van der Waals surface area contributed by atoms with Gasteiger partial charge in [0.15, 0.2) is 0 Å². The van der Waals surface area contributed by atoms with Gasteiger partial charge in [0.1, 0.15) is 0 Å². The van der Waals surface area contributed by atoms with Gasteiger partial charge in [0.25, 0.3) is 0 Å². The fourth-order valence-electron chi connectivity index (χ4n) is 1.66. The minimum Gasteiger partial charge on any atom is -0.117 e. The van der Waals surface area contributed by atoms with Crippen LogP contribution in [0, 0.1) is 3.57 Å². The summed E-state index contributed by atoms with van der Waals surface area (Å²) in [5.74, 6) is 0. The van der Waals surface area contributed by atoms with E-state index < -0.39 is 0 Å². The first-order valence-corrected chi connectivity index (χ1v) is 7.67. The second kappa shape index (κ2) is 6.47. The van der Waals surface area contributed by atoms with E-state index in [1.165, 1.54) is 3.57 Å². The second-order valence-corrected chi connectivity index (χ2v) is 6.56. The quantitative estimate of drug-likeness (QED) is 0.422. The van der Waals surface area contributed by atoms with E-state index in [2.05, 4.69) is 46.9 Å². The molecular formula is C14H10Cl3I. The third kappa shape index (κ3) is 3.77. The first kappa shape index (κ1) is 14.4. The predicted molar refractivity (Wildman–Crippen MR) is 87.9 cm³/mol. The van der Waals surface area contributed by atoms with Crippen molar-refractivity contribution in [3.8, 4) is 0 Å². The Morgan fingerprint density at radius 3 is 2.22 bits per heavy atom. The number of hydrogen-bond acceptors (Lipinski definition) is 0. The summed E-state index contributed by atoms with van der Waals surface area (Å²) in [6.07, 6.45) is 0.735. The second-order valence-electron chi connectivity index (χ2n) is 3.97. The zero-order valence-corrected chi connectivity index (χ0v) is 13.8. The summed E-state index contributed by atoms with van der Waals surface area (Å²) in [5.41, 5.74) is 2.20. The van der Waals surface area contributed by atoms with Crippen molar-refractivity contribution in [1.82, 2.24) is 0 Å². The van der Waals surface area contributed by atoms with Crippen LogP contribution in [0.15, 0.2) is 42.5 Å². The predicted octanol–water partition coefficient (Wildman–Crippen LogP) is 6.12. The highest BCUT2D eigenvalue weighted by Gasteiger charge is 2.10. The molecule has 4 heteroatoms. The van der Waals surface area contributed by atoms with Crippen LogP contribution in [-0.2, 0) is 6.42 Å². The lowest BCUT2D eigenvalue weighted by Crippen LogP contribution is -1.96. The highest BCUT2D eigenvalue weighted by molar-refractivity contribution is 14.1. The lowest BCUT2D eigenvalue weighted by atomic mass is 10.0. The van der Waals surface area contributed by atoms with E-state index in [1.807, 2.05) is 12.1 Å². The third-order valence-electron chi connectivity index (χ3n) is 2.63. The van der Waals surface area contributed by atoms with Crippen LogP contribution in [0.1, 0.15) is 16.5 Å². The zero-order chi connectivity index (χ0) is 13.1. The SMILES string of the molecule is Clc1ccc(CC(Cl)c2ccc(I)cc2)cc1Cl. The molecule has 0 bridgehead atoms. The molecule has 0 saturated heterocycles. The minimum absolute atomic E-state index is 0.0563. The van der Waals surface area contributed by atoms with Gasteiger partial charge in [-0.25, -0.2) is 0 Å². The van der Waals surface area contributed by atoms with Crippen LogP contribution in [0.5, 0.6) is 0 Å². The van der Waals surface area contributed by atoms with Gasteiger partial charge in [-0.05, 0) is 64.4 Å². The van der Waals surface area contributed by atoms with Gasteiger partial charge < -0.3 is 0 Å². The molecule has 2 aromatic rings. The summed E-state index contributed by atoms with van der Waals surface area (Å²) in [6, 6.07) is 13.8. The Morgan fingerprint density at radius 2 is 1.61 bits per heavy atom. The molecule has 0 amide bonds. The molecule has 0 aliphatic rings. The van der Waals surface area contributed by atoms with Crippen LogP contribution in [0.3, 0.4) is 0 Å². The van der Waals surface area contributed by atoms with Crippen LogP contribution in [0.4, 0.5) is 0 Å². The fraction of sp³-hybridized carbons (Fsp3) is 0.143. The highest BCUT2D eigenvalue weighted by Crippen LogP contribution is 2.29. The summed E-state index contributed by atoms with van der Waals surface area (Å²) in [6.45, 7) is 0. The molecule has 2 rings (SSSR count). The lowest BCUT2D eigenvalue weighted by Gasteiger charge is -2.10. The average molecular weight is 411 g/mol. The van der Waals surface area contributed by atoms with Crippen molar-refractivity contribution in [2.24, 2.45) is 0 Å². The van der Waals surface area contributed by atoms with E-state index in [4.69, 9.17) is 34.8 Å². The molecule has 0 spiro atoms. The molecule has 1 atom stereocenters. The van der Waals surface area contributed by atoms with Gasteiger partial charge in [-0.15, -0.1) is 11.6 Å². The molecule has 0 aliphatic carbocycles.